The molecule has 18 heavy (non-hydrogen) atoms. The van der Waals surface area contributed by atoms with Crippen LogP contribution in [0.4, 0.5) is 5.69 Å². The number of halogens is 1. The molecule has 1 aromatic rings. The van der Waals surface area contributed by atoms with Crippen LogP contribution in [0.3, 0.4) is 0 Å². The highest BCUT2D eigenvalue weighted by Gasteiger charge is 2.14. The molecule has 1 aromatic carbocycles. The number of hydrogen-bond acceptors (Lipinski definition) is 2. The zero-order valence-corrected chi connectivity index (χ0v) is 13.8. The van der Waals surface area contributed by atoms with E-state index in [4.69, 9.17) is 5.73 Å². The minimum Gasteiger partial charge on any atom is -0.398 e. The number of nitrogens with one attached hydrogen (secondary N) is 1. The summed E-state index contributed by atoms with van der Waals surface area (Å²) in [6, 6.07) is 6.41. The van der Waals surface area contributed by atoms with Gasteiger partial charge in [-0.15, -0.1) is 0 Å². The number of benzene rings is 1. The average molecular weight is 358 g/mol. The van der Waals surface area contributed by atoms with E-state index in [9.17, 15) is 0 Å². The van der Waals surface area contributed by atoms with Crippen LogP contribution in [0.2, 0.25) is 0 Å². The molecular weight excluding hydrogens is 335 g/mol. The van der Waals surface area contributed by atoms with Gasteiger partial charge in [0.15, 0.2) is 0 Å². The maximum atomic E-state index is 5.83. The molecule has 0 spiro atoms. The van der Waals surface area contributed by atoms with Crippen molar-refractivity contribution >= 4 is 28.3 Å². The minimum atomic E-state index is 0.258. The molecular formula is C15H23IN2. The van der Waals surface area contributed by atoms with E-state index in [0.29, 0.717) is 0 Å². The molecule has 0 radical (unpaired) electrons. The lowest BCUT2D eigenvalue weighted by Crippen LogP contribution is -2.21. The number of nitrogens with two attached hydrogens (primary N) is 1. The van der Waals surface area contributed by atoms with E-state index < -0.39 is 0 Å². The van der Waals surface area contributed by atoms with E-state index in [2.05, 4.69) is 74.3 Å². The molecule has 0 amide bonds. The van der Waals surface area contributed by atoms with Gasteiger partial charge in [-0.2, -0.15) is 0 Å². The summed E-state index contributed by atoms with van der Waals surface area (Å²) in [5.74, 6) is 0. The maximum Gasteiger partial charge on any atom is 0.0482 e. The molecule has 3 N–H and O–H groups in total. The number of nitrogen functional groups attached to an aromatic ring is 1. The molecule has 1 atom stereocenters. The van der Waals surface area contributed by atoms with Crippen molar-refractivity contribution < 1.29 is 0 Å². The highest BCUT2D eigenvalue weighted by atomic mass is 127. The fourth-order valence-corrected chi connectivity index (χ4v) is 2.43. The van der Waals surface area contributed by atoms with E-state index >= 15 is 0 Å². The van der Waals surface area contributed by atoms with Crippen molar-refractivity contribution in [2.45, 2.75) is 40.2 Å². The lowest BCUT2D eigenvalue weighted by molar-refractivity contribution is 0.393. The van der Waals surface area contributed by atoms with Crippen molar-refractivity contribution in [2.75, 3.05) is 5.73 Å². The predicted octanol–water partition coefficient (Wildman–Crippen LogP) is 4.47. The smallest absolute Gasteiger partial charge is 0.0482 e. The van der Waals surface area contributed by atoms with E-state index in [0.717, 1.165) is 21.4 Å². The summed E-state index contributed by atoms with van der Waals surface area (Å²) in [4.78, 5) is 0. The molecule has 0 heterocycles. The lowest BCUT2D eigenvalue weighted by Gasteiger charge is -2.24. The monoisotopic (exact) mass is 358 g/mol. The average Bonchev–Trinajstić information content (AvgIpc) is 2.18. The van der Waals surface area contributed by atoms with Gasteiger partial charge in [0.05, 0.1) is 0 Å². The summed E-state index contributed by atoms with van der Waals surface area (Å²) in [5.41, 5.74) is 9.25. The number of hydrogen-bond donors (Lipinski definition) is 2. The van der Waals surface area contributed by atoms with E-state index in [1.807, 2.05) is 6.07 Å². The van der Waals surface area contributed by atoms with Crippen LogP contribution in [0.15, 0.2) is 30.5 Å². The van der Waals surface area contributed by atoms with Gasteiger partial charge in [-0.3, -0.25) is 0 Å². The first-order valence-electron chi connectivity index (χ1n) is 6.18. The van der Waals surface area contributed by atoms with Crippen LogP contribution in [0.5, 0.6) is 0 Å². The van der Waals surface area contributed by atoms with Gasteiger partial charge >= 0.3 is 0 Å². The normalized spacial score (nSPS) is 13.2. The van der Waals surface area contributed by atoms with Crippen LogP contribution in [-0.4, -0.2) is 0 Å². The molecule has 0 aliphatic carbocycles. The minimum absolute atomic E-state index is 0.258. The van der Waals surface area contributed by atoms with E-state index in [-0.39, 0.29) is 11.5 Å². The van der Waals surface area contributed by atoms with Crippen LogP contribution >= 0.6 is 22.6 Å². The second kappa shape index (κ2) is 5.95. The number of anilines is 1. The molecule has 0 aromatic heterocycles. The van der Waals surface area contributed by atoms with Crippen molar-refractivity contribution in [2.24, 2.45) is 5.41 Å². The van der Waals surface area contributed by atoms with Crippen LogP contribution in [0.1, 0.15) is 45.7 Å². The Kier molecular flexibility index (Phi) is 5.08. The molecule has 0 bridgehead atoms. The van der Waals surface area contributed by atoms with Gasteiger partial charge in [0.25, 0.3) is 0 Å². The predicted molar refractivity (Wildman–Crippen MR) is 88.3 cm³/mol. The molecule has 2 nitrogen and oxygen atoms in total. The third-order valence-corrected chi connectivity index (χ3v) is 3.62. The van der Waals surface area contributed by atoms with Crippen molar-refractivity contribution in [3.05, 3.63) is 39.6 Å². The summed E-state index contributed by atoms with van der Waals surface area (Å²) in [5, 5.41) is 3.46. The number of rotatable bonds is 4. The van der Waals surface area contributed by atoms with E-state index in [1.54, 1.807) is 0 Å². The fraction of sp³-hybridized carbons (Fsp3) is 0.467. The zero-order valence-electron chi connectivity index (χ0n) is 11.7. The van der Waals surface area contributed by atoms with E-state index in [1.165, 1.54) is 5.56 Å². The molecule has 0 saturated heterocycles. The van der Waals surface area contributed by atoms with Crippen molar-refractivity contribution in [3.63, 3.8) is 0 Å². The quantitative estimate of drug-likeness (QED) is 0.616. The first-order valence-corrected chi connectivity index (χ1v) is 7.26. The Morgan fingerprint density at radius 1 is 1.44 bits per heavy atom. The topological polar surface area (TPSA) is 38.0 Å². The van der Waals surface area contributed by atoms with Gasteiger partial charge < -0.3 is 11.1 Å². The standard InChI is InChI=1S/C15H23IN2/c1-10(9-15(3,4)5)18-11(2)12-6-7-14(17)13(16)8-12/h6-8,11,18H,1,9,17H2,2-5H3. The summed E-state index contributed by atoms with van der Waals surface area (Å²) in [6.45, 7) is 12.9. The second-order valence-corrected chi connectivity index (χ2v) is 7.15. The Morgan fingerprint density at radius 3 is 2.56 bits per heavy atom. The molecule has 0 saturated carbocycles. The third kappa shape index (κ3) is 4.88. The first-order chi connectivity index (χ1) is 8.19. The second-order valence-electron chi connectivity index (χ2n) is 5.99. The zero-order chi connectivity index (χ0) is 13.9. The van der Waals surface area contributed by atoms with Crippen molar-refractivity contribution in [3.8, 4) is 0 Å². The summed E-state index contributed by atoms with van der Waals surface area (Å²) in [6.07, 6.45) is 0.976. The summed E-state index contributed by atoms with van der Waals surface area (Å²) >= 11 is 2.26. The van der Waals surface area contributed by atoms with Crippen LogP contribution in [0.25, 0.3) is 0 Å². The van der Waals surface area contributed by atoms with Gasteiger partial charge in [-0.05, 0) is 59.0 Å². The van der Waals surface area contributed by atoms with Crippen LogP contribution in [0, 0.1) is 8.99 Å². The Hall–Kier alpha value is -0.710. The van der Waals surface area contributed by atoms with Crippen LogP contribution < -0.4 is 11.1 Å². The van der Waals surface area contributed by atoms with Gasteiger partial charge in [-0.1, -0.05) is 33.4 Å². The van der Waals surface area contributed by atoms with Gasteiger partial charge in [0.2, 0.25) is 0 Å². The highest BCUT2D eigenvalue weighted by Crippen LogP contribution is 2.25. The molecule has 1 rings (SSSR count). The lowest BCUT2D eigenvalue weighted by atomic mass is 9.90. The molecule has 3 heteroatoms. The van der Waals surface area contributed by atoms with Crippen molar-refractivity contribution in [1.29, 1.82) is 0 Å². The summed E-state index contributed by atoms with van der Waals surface area (Å²) < 4.78 is 1.10. The van der Waals surface area contributed by atoms with Gasteiger partial charge in [0, 0.05) is 21.0 Å². The Labute approximate surface area is 124 Å². The van der Waals surface area contributed by atoms with Gasteiger partial charge in [-0.25, -0.2) is 0 Å². The Bertz CT molecular complexity index is 433. The van der Waals surface area contributed by atoms with Crippen LogP contribution in [-0.2, 0) is 0 Å². The molecule has 0 aliphatic rings. The SMILES string of the molecule is C=C(CC(C)(C)C)NC(C)c1ccc(N)c(I)c1. The first kappa shape index (κ1) is 15.3. The number of allylic oxidation sites excluding steroid dienone is 1. The fourth-order valence-electron chi connectivity index (χ4n) is 1.89. The van der Waals surface area contributed by atoms with Crippen molar-refractivity contribution in [1.82, 2.24) is 5.32 Å². The molecule has 1 unspecified atom stereocenters. The molecule has 0 fully saturated rings. The summed E-state index contributed by atoms with van der Waals surface area (Å²) in [7, 11) is 0. The molecule has 0 aliphatic heterocycles. The molecule has 100 valence electrons. The third-order valence-electron chi connectivity index (χ3n) is 2.69. The maximum absolute atomic E-state index is 5.83. The highest BCUT2D eigenvalue weighted by molar-refractivity contribution is 14.1. The Balaban J connectivity index is 2.68. The largest absolute Gasteiger partial charge is 0.398 e. The van der Waals surface area contributed by atoms with Gasteiger partial charge in [0.1, 0.15) is 0 Å². The Morgan fingerprint density at radius 2 is 2.06 bits per heavy atom.